The van der Waals surface area contributed by atoms with Gasteiger partial charge in [0.1, 0.15) is 5.56 Å². The van der Waals surface area contributed by atoms with Crippen molar-refractivity contribution in [3.05, 3.63) is 33.9 Å². The monoisotopic (exact) mass is 277 g/mol. The van der Waals surface area contributed by atoms with Crippen molar-refractivity contribution in [3.8, 4) is 0 Å². The van der Waals surface area contributed by atoms with Gasteiger partial charge in [-0.1, -0.05) is 6.92 Å². The van der Waals surface area contributed by atoms with Crippen LogP contribution in [-0.2, 0) is 6.18 Å². The number of hydrogen-bond donors (Lipinski definition) is 2. The molecule has 0 aliphatic heterocycles. The number of nitro groups is 1. The van der Waals surface area contributed by atoms with Crippen molar-refractivity contribution < 1.29 is 18.1 Å². The second kappa shape index (κ2) is 5.87. The number of benzene rings is 1. The van der Waals surface area contributed by atoms with Crippen LogP contribution in [0.4, 0.5) is 24.5 Å². The Morgan fingerprint density at radius 1 is 1.47 bits per heavy atom. The number of nitrogens with two attached hydrogens (primary N) is 1. The lowest BCUT2D eigenvalue weighted by Crippen LogP contribution is -2.28. The number of alkyl halides is 3. The van der Waals surface area contributed by atoms with Crippen LogP contribution in [0, 0.1) is 10.1 Å². The van der Waals surface area contributed by atoms with Gasteiger partial charge in [0.25, 0.3) is 5.69 Å². The maximum Gasteiger partial charge on any atom is 0.423 e. The molecule has 0 radical (unpaired) electrons. The highest BCUT2D eigenvalue weighted by Gasteiger charge is 2.38. The van der Waals surface area contributed by atoms with E-state index in [1.807, 2.05) is 6.92 Å². The van der Waals surface area contributed by atoms with Gasteiger partial charge in [0, 0.05) is 24.3 Å². The topological polar surface area (TPSA) is 81.2 Å². The second-order valence-electron chi connectivity index (χ2n) is 4.04. The number of rotatable bonds is 5. The van der Waals surface area contributed by atoms with Gasteiger partial charge in [0.15, 0.2) is 0 Å². The van der Waals surface area contributed by atoms with Crippen LogP contribution in [0.3, 0.4) is 0 Å². The fourth-order valence-corrected chi connectivity index (χ4v) is 1.43. The number of nitro benzene ring substituents is 1. The van der Waals surface area contributed by atoms with Crippen molar-refractivity contribution in [2.75, 3.05) is 11.9 Å². The number of nitrogens with zero attached hydrogens (tertiary/aromatic N) is 1. The van der Waals surface area contributed by atoms with Gasteiger partial charge in [-0.3, -0.25) is 10.1 Å². The van der Waals surface area contributed by atoms with Crippen molar-refractivity contribution in [2.24, 2.45) is 5.73 Å². The van der Waals surface area contributed by atoms with Gasteiger partial charge in [0.05, 0.1) is 4.92 Å². The minimum absolute atomic E-state index is 0.154. The quantitative estimate of drug-likeness (QED) is 0.640. The zero-order valence-corrected chi connectivity index (χ0v) is 10.2. The van der Waals surface area contributed by atoms with Crippen molar-refractivity contribution in [2.45, 2.75) is 25.6 Å². The summed E-state index contributed by atoms with van der Waals surface area (Å²) in [7, 11) is 0. The first-order valence-corrected chi connectivity index (χ1v) is 5.60. The maximum absolute atomic E-state index is 12.7. The molecular formula is C11H14F3N3O2. The lowest BCUT2D eigenvalue weighted by atomic mass is 10.1. The van der Waals surface area contributed by atoms with Gasteiger partial charge in [-0.15, -0.1) is 0 Å². The van der Waals surface area contributed by atoms with Crippen molar-refractivity contribution in [3.63, 3.8) is 0 Å². The van der Waals surface area contributed by atoms with Crippen LogP contribution in [0.25, 0.3) is 0 Å². The standard InChI is InChI=1S/C11H14F3N3O2/c1-2-7(15)6-16-8-3-4-10(17(18)19)9(5-8)11(12,13)14/h3-5,7,16H,2,6,15H2,1H3. The molecule has 8 heteroatoms. The number of hydrogen-bond acceptors (Lipinski definition) is 4. The molecule has 1 rings (SSSR count). The summed E-state index contributed by atoms with van der Waals surface area (Å²) in [4.78, 5) is 9.51. The molecular weight excluding hydrogens is 263 g/mol. The molecule has 1 atom stereocenters. The summed E-state index contributed by atoms with van der Waals surface area (Å²) in [6.45, 7) is 2.15. The van der Waals surface area contributed by atoms with E-state index in [2.05, 4.69) is 5.32 Å². The molecule has 106 valence electrons. The predicted molar refractivity (Wildman–Crippen MR) is 64.9 cm³/mol. The van der Waals surface area contributed by atoms with Gasteiger partial charge < -0.3 is 11.1 Å². The minimum atomic E-state index is -4.77. The van der Waals surface area contributed by atoms with Crippen molar-refractivity contribution in [1.29, 1.82) is 0 Å². The first kappa shape index (κ1) is 15.2. The van der Waals surface area contributed by atoms with Gasteiger partial charge in [-0.2, -0.15) is 13.2 Å². The summed E-state index contributed by atoms with van der Waals surface area (Å²) in [6, 6.07) is 2.60. The van der Waals surface area contributed by atoms with E-state index in [1.165, 1.54) is 6.07 Å². The highest BCUT2D eigenvalue weighted by atomic mass is 19.4. The summed E-state index contributed by atoms with van der Waals surface area (Å²) in [5, 5.41) is 13.3. The zero-order chi connectivity index (χ0) is 14.6. The maximum atomic E-state index is 12.7. The van der Waals surface area contributed by atoms with Gasteiger partial charge in [0.2, 0.25) is 0 Å². The Balaban J connectivity index is 3.02. The Labute approximate surface area is 107 Å². The van der Waals surface area contributed by atoms with Crippen LogP contribution in [0.15, 0.2) is 18.2 Å². The first-order chi connectivity index (χ1) is 8.75. The van der Waals surface area contributed by atoms with Gasteiger partial charge in [-0.25, -0.2) is 0 Å². The first-order valence-electron chi connectivity index (χ1n) is 5.60. The molecule has 0 aromatic heterocycles. The summed E-state index contributed by atoms with van der Waals surface area (Å²) in [5.74, 6) is 0. The second-order valence-corrected chi connectivity index (χ2v) is 4.04. The number of nitrogens with one attached hydrogen (secondary N) is 1. The fraction of sp³-hybridized carbons (Fsp3) is 0.455. The highest BCUT2D eigenvalue weighted by molar-refractivity contribution is 5.55. The van der Waals surface area contributed by atoms with E-state index in [0.717, 1.165) is 12.1 Å². The Kier molecular flexibility index (Phi) is 4.71. The lowest BCUT2D eigenvalue weighted by molar-refractivity contribution is -0.388. The van der Waals surface area contributed by atoms with Crippen LogP contribution in [-0.4, -0.2) is 17.5 Å². The molecule has 0 spiro atoms. The molecule has 0 aliphatic carbocycles. The largest absolute Gasteiger partial charge is 0.423 e. The van der Waals surface area contributed by atoms with Crippen LogP contribution < -0.4 is 11.1 Å². The SMILES string of the molecule is CCC(N)CNc1ccc([N+](=O)[O-])c(C(F)(F)F)c1. The molecule has 0 aliphatic rings. The van der Waals surface area contributed by atoms with Crippen molar-refractivity contribution >= 4 is 11.4 Å². The van der Waals surface area contributed by atoms with Gasteiger partial charge in [-0.05, 0) is 18.6 Å². The van der Waals surface area contributed by atoms with Gasteiger partial charge >= 0.3 is 6.18 Å². The Morgan fingerprint density at radius 3 is 2.58 bits per heavy atom. The number of anilines is 1. The third kappa shape index (κ3) is 4.09. The molecule has 0 heterocycles. The Hall–Kier alpha value is -1.83. The summed E-state index contributed by atoms with van der Waals surface area (Å²) >= 11 is 0. The van der Waals surface area contributed by atoms with Crippen LogP contribution >= 0.6 is 0 Å². The minimum Gasteiger partial charge on any atom is -0.383 e. The molecule has 0 bridgehead atoms. The average Bonchev–Trinajstić information content (AvgIpc) is 2.34. The molecule has 19 heavy (non-hydrogen) atoms. The van der Waals surface area contributed by atoms with E-state index in [0.29, 0.717) is 13.0 Å². The Morgan fingerprint density at radius 2 is 2.11 bits per heavy atom. The molecule has 0 saturated heterocycles. The smallest absolute Gasteiger partial charge is 0.383 e. The molecule has 5 nitrogen and oxygen atoms in total. The predicted octanol–water partition coefficient (Wildman–Crippen LogP) is 2.76. The van der Waals surface area contributed by atoms with Crippen LogP contribution in [0.5, 0.6) is 0 Å². The number of halogens is 3. The zero-order valence-electron chi connectivity index (χ0n) is 10.2. The molecule has 3 N–H and O–H groups in total. The summed E-state index contributed by atoms with van der Waals surface area (Å²) < 4.78 is 38.1. The molecule has 0 saturated carbocycles. The van der Waals surface area contributed by atoms with Crippen molar-refractivity contribution in [1.82, 2.24) is 0 Å². The summed E-state index contributed by atoms with van der Waals surface area (Å²) in [5.41, 5.74) is 3.55. The molecule has 1 aromatic rings. The molecule has 1 aromatic carbocycles. The van der Waals surface area contributed by atoms with E-state index in [1.54, 1.807) is 0 Å². The van der Waals surface area contributed by atoms with E-state index in [-0.39, 0.29) is 11.7 Å². The Bertz CT molecular complexity index is 463. The van der Waals surface area contributed by atoms with E-state index in [4.69, 9.17) is 5.73 Å². The van der Waals surface area contributed by atoms with E-state index >= 15 is 0 Å². The van der Waals surface area contributed by atoms with Crippen LogP contribution in [0.1, 0.15) is 18.9 Å². The molecule has 0 fully saturated rings. The summed E-state index contributed by atoms with van der Waals surface area (Å²) in [6.07, 6.45) is -4.10. The third-order valence-electron chi connectivity index (χ3n) is 2.59. The average molecular weight is 277 g/mol. The fourth-order valence-electron chi connectivity index (χ4n) is 1.43. The highest BCUT2D eigenvalue weighted by Crippen LogP contribution is 2.37. The third-order valence-corrected chi connectivity index (χ3v) is 2.59. The molecule has 0 amide bonds. The molecule has 1 unspecified atom stereocenters. The normalized spacial score (nSPS) is 13.1. The van der Waals surface area contributed by atoms with E-state index < -0.39 is 22.4 Å². The lowest BCUT2D eigenvalue weighted by Gasteiger charge is -2.13. The van der Waals surface area contributed by atoms with Crippen LogP contribution in [0.2, 0.25) is 0 Å². The van der Waals surface area contributed by atoms with E-state index in [9.17, 15) is 23.3 Å².